The van der Waals surface area contributed by atoms with E-state index in [-0.39, 0.29) is 11.2 Å². The molecule has 0 spiro atoms. The Bertz CT molecular complexity index is 437. The van der Waals surface area contributed by atoms with Crippen LogP contribution in [0.4, 0.5) is 5.69 Å². The third kappa shape index (κ3) is 1.59. The summed E-state index contributed by atoms with van der Waals surface area (Å²) in [5.41, 5.74) is 8.07. The predicted octanol–water partition coefficient (Wildman–Crippen LogP) is 3.19. The predicted molar refractivity (Wildman–Crippen MR) is 65.0 cm³/mol. The zero-order valence-corrected chi connectivity index (χ0v) is 10.5. The van der Waals surface area contributed by atoms with Crippen LogP contribution in [-0.4, -0.2) is 5.78 Å². The highest BCUT2D eigenvalue weighted by Crippen LogP contribution is 2.39. The third-order valence-electron chi connectivity index (χ3n) is 3.12. The summed E-state index contributed by atoms with van der Waals surface area (Å²) in [5, 5.41) is 0. The van der Waals surface area contributed by atoms with Crippen molar-refractivity contribution in [3.8, 4) is 0 Å². The van der Waals surface area contributed by atoms with Crippen molar-refractivity contribution >= 4 is 27.4 Å². The van der Waals surface area contributed by atoms with Crippen LogP contribution >= 0.6 is 15.9 Å². The first-order valence-corrected chi connectivity index (χ1v) is 5.84. The first-order chi connectivity index (χ1) is 6.93. The molecular weight excluding hydrogens is 254 g/mol. The van der Waals surface area contributed by atoms with Gasteiger partial charge in [0.2, 0.25) is 0 Å². The van der Waals surface area contributed by atoms with Crippen molar-refractivity contribution in [3.63, 3.8) is 0 Å². The summed E-state index contributed by atoms with van der Waals surface area (Å²) >= 11 is 3.41. The van der Waals surface area contributed by atoms with E-state index in [9.17, 15) is 4.79 Å². The third-order valence-corrected chi connectivity index (χ3v) is 3.97. The topological polar surface area (TPSA) is 43.1 Å². The molecule has 0 saturated heterocycles. The number of carbonyl (C=O) groups is 1. The minimum absolute atomic E-state index is 0.197. The lowest BCUT2D eigenvalue weighted by atomic mass is 9.73. The Morgan fingerprint density at radius 2 is 2.07 bits per heavy atom. The van der Waals surface area contributed by atoms with E-state index in [1.165, 1.54) is 0 Å². The van der Waals surface area contributed by atoms with Gasteiger partial charge < -0.3 is 5.73 Å². The van der Waals surface area contributed by atoms with E-state index in [0.29, 0.717) is 5.69 Å². The number of ketones is 1. The summed E-state index contributed by atoms with van der Waals surface area (Å²) in [7, 11) is 0. The molecule has 0 heterocycles. The summed E-state index contributed by atoms with van der Waals surface area (Å²) in [4.78, 5) is 12.2. The lowest BCUT2D eigenvalue weighted by Gasteiger charge is -2.30. The van der Waals surface area contributed by atoms with Crippen LogP contribution in [0, 0.1) is 5.41 Å². The normalized spacial score (nSPS) is 18.7. The molecule has 15 heavy (non-hydrogen) atoms. The summed E-state index contributed by atoms with van der Waals surface area (Å²) < 4.78 is 0.762. The number of nitrogens with two attached hydrogens (primary N) is 1. The standard InChI is InChI=1S/C12H14BrNO/c1-12(2)6-5-7-3-4-8(14)10(13)9(7)11(12)15/h3-4H,5-6,14H2,1-2H3. The SMILES string of the molecule is CC1(C)CCc2ccc(N)c(Br)c2C1=O. The number of aryl methyl sites for hydroxylation is 1. The molecule has 0 fully saturated rings. The largest absolute Gasteiger partial charge is 0.398 e. The highest BCUT2D eigenvalue weighted by molar-refractivity contribution is 9.10. The molecule has 0 radical (unpaired) electrons. The van der Waals surface area contributed by atoms with E-state index in [4.69, 9.17) is 5.73 Å². The number of hydrogen-bond donors (Lipinski definition) is 1. The van der Waals surface area contributed by atoms with Crippen LogP contribution in [0.15, 0.2) is 16.6 Å². The molecule has 1 aliphatic carbocycles. The number of carbonyl (C=O) groups excluding carboxylic acids is 1. The van der Waals surface area contributed by atoms with Crippen LogP contribution in [0.3, 0.4) is 0 Å². The Morgan fingerprint density at radius 3 is 2.73 bits per heavy atom. The molecule has 0 bridgehead atoms. The number of anilines is 1. The van der Waals surface area contributed by atoms with Crippen molar-refractivity contribution in [2.24, 2.45) is 5.41 Å². The van der Waals surface area contributed by atoms with Gasteiger partial charge in [0.05, 0.1) is 4.47 Å². The fourth-order valence-corrected chi connectivity index (χ4v) is 2.55. The van der Waals surface area contributed by atoms with Gasteiger partial charge >= 0.3 is 0 Å². The molecule has 0 unspecified atom stereocenters. The molecule has 0 atom stereocenters. The molecule has 0 amide bonds. The molecule has 1 aliphatic rings. The van der Waals surface area contributed by atoms with Gasteiger partial charge in [-0.2, -0.15) is 0 Å². The van der Waals surface area contributed by atoms with Crippen LogP contribution in [0.25, 0.3) is 0 Å². The minimum Gasteiger partial charge on any atom is -0.398 e. The number of fused-ring (bicyclic) bond motifs is 1. The maximum atomic E-state index is 12.2. The zero-order chi connectivity index (χ0) is 11.2. The number of halogens is 1. The first kappa shape index (κ1) is 10.7. The fourth-order valence-electron chi connectivity index (χ4n) is 1.99. The summed E-state index contributed by atoms with van der Waals surface area (Å²) in [5.74, 6) is 0.197. The summed E-state index contributed by atoms with van der Waals surface area (Å²) in [6.45, 7) is 3.99. The first-order valence-electron chi connectivity index (χ1n) is 5.05. The molecule has 80 valence electrons. The van der Waals surface area contributed by atoms with E-state index < -0.39 is 0 Å². The number of Topliss-reactive ketones (excluding diaryl/α,β-unsaturated/α-hetero) is 1. The monoisotopic (exact) mass is 267 g/mol. The van der Waals surface area contributed by atoms with Crippen LogP contribution < -0.4 is 5.73 Å². The second-order valence-electron chi connectivity index (χ2n) is 4.72. The van der Waals surface area contributed by atoms with Crippen LogP contribution in [-0.2, 0) is 6.42 Å². The molecular formula is C12H14BrNO. The molecule has 1 aromatic carbocycles. The maximum absolute atomic E-state index is 12.2. The molecule has 2 N–H and O–H groups in total. The van der Waals surface area contributed by atoms with Crippen molar-refractivity contribution < 1.29 is 4.79 Å². The van der Waals surface area contributed by atoms with Gasteiger partial charge in [-0.25, -0.2) is 0 Å². The van der Waals surface area contributed by atoms with E-state index in [0.717, 1.165) is 28.4 Å². The number of rotatable bonds is 0. The van der Waals surface area contributed by atoms with Crippen molar-refractivity contribution in [2.75, 3.05) is 5.73 Å². The van der Waals surface area contributed by atoms with Gasteiger partial charge in [0.25, 0.3) is 0 Å². The van der Waals surface area contributed by atoms with Gasteiger partial charge in [-0.3, -0.25) is 4.79 Å². The van der Waals surface area contributed by atoms with E-state index in [1.54, 1.807) is 0 Å². The lowest BCUT2D eigenvalue weighted by Crippen LogP contribution is -2.30. The minimum atomic E-state index is -0.261. The maximum Gasteiger partial charge on any atom is 0.169 e. The average Bonchev–Trinajstić information content (AvgIpc) is 2.17. The Balaban J connectivity index is 2.64. The highest BCUT2D eigenvalue weighted by Gasteiger charge is 2.35. The molecule has 2 nitrogen and oxygen atoms in total. The smallest absolute Gasteiger partial charge is 0.169 e. The van der Waals surface area contributed by atoms with E-state index in [2.05, 4.69) is 15.9 Å². The van der Waals surface area contributed by atoms with Crippen LogP contribution in [0.2, 0.25) is 0 Å². The van der Waals surface area contributed by atoms with Crippen molar-refractivity contribution in [1.29, 1.82) is 0 Å². The lowest BCUT2D eigenvalue weighted by molar-refractivity contribution is 0.0810. The molecule has 2 rings (SSSR count). The van der Waals surface area contributed by atoms with Crippen molar-refractivity contribution in [3.05, 3.63) is 27.7 Å². The van der Waals surface area contributed by atoms with Crippen LogP contribution in [0.5, 0.6) is 0 Å². The van der Waals surface area contributed by atoms with Crippen LogP contribution in [0.1, 0.15) is 36.2 Å². The second kappa shape index (κ2) is 3.34. The van der Waals surface area contributed by atoms with E-state index >= 15 is 0 Å². The Labute approximate surface area is 98.0 Å². The number of hydrogen-bond acceptors (Lipinski definition) is 2. The van der Waals surface area contributed by atoms with Gasteiger partial charge in [-0.05, 0) is 40.4 Å². The van der Waals surface area contributed by atoms with Gasteiger partial charge in [0.15, 0.2) is 5.78 Å². The molecule has 0 aliphatic heterocycles. The second-order valence-corrected chi connectivity index (χ2v) is 5.51. The summed E-state index contributed by atoms with van der Waals surface area (Å²) in [6, 6.07) is 3.82. The van der Waals surface area contributed by atoms with Gasteiger partial charge in [-0.15, -0.1) is 0 Å². The number of nitrogen functional groups attached to an aromatic ring is 1. The molecule has 1 aromatic rings. The zero-order valence-electron chi connectivity index (χ0n) is 8.93. The molecule has 3 heteroatoms. The Morgan fingerprint density at radius 1 is 1.40 bits per heavy atom. The van der Waals surface area contributed by atoms with Gasteiger partial charge in [0.1, 0.15) is 0 Å². The van der Waals surface area contributed by atoms with Gasteiger partial charge in [0, 0.05) is 16.7 Å². The molecule has 0 aromatic heterocycles. The molecule has 0 saturated carbocycles. The fraction of sp³-hybridized carbons (Fsp3) is 0.417. The average molecular weight is 268 g/mol. The van der Waals surface area contributed by atoms with Gasteiger partial charge in [-0.1, -0.05) is 19.9 Å². The highest BCUT2D eigenvalue weighted by atomic mass is 79.9. The number of benzene rings is 1. The van der Waals surface area contributed by atoms with Crippen molar-refractivity contribution in [1.82, 2.24) is 0 Å². The quantitative estimate of drug-likeness (QED) is 0.734. The van der Waals surface area contributed by atoms with Crippen molar-refractivity contribution in [2.45, 2.75) is 26.7 Å². The van der Waals surface area contributed by atoms with E-state index in [1.807, 2.05) is 26.0 Å². The Kier molecular flexibility index (Phi) is 2.38. The summed E-state index contributed by atoms with van der Waals surface area (Å²) in [6.07, 6.45) is 1.86. The Hall–Kier alpha value is -0.830.